The van der Waals surface area contributed by atoms with Crippen LogP contribution >= 0.6 is 0 Å². The van der Waals surface area contributed by atoms with Crippen molar-refractivity contribution in [1.29, 1.82) is 0 Å². The van der Waals surface area contributed by atoms with E-state index in [1.54, 1.807) is 12.1 Å². The Morgan fingerprint density at radius 2 is 1.89 bits per heavy atom. The van der Waals surface area contributed by atoms with Crippen LogP contribution in [-0.4, -0.2) is 21.5 Å². The number of benzene rings is 1. The number of anilines is 1. The highest BCUT2D eigenvalue weighted by atomic mass is 32.2. The predicted octanol–water partition coefficient (Wildman–Crippen LogP) is 2.20. The molecule has 1 fully saturated rings. The molecule has 0 bridgehead atoms. The summed E-state index contributed by atoms with van der Waals surface area (Å²) in [5.41, 5.74) is 0.976. The third-order valence-corrected chi connectivity index (χ3v) is 5.37. The summed E-state index contributed by atoms with van der Waals surface area (Å²) >= 11 is 0. The Bertz CT molecular complexity index is 536. The average Bonchev–Trinajstić information content (AvgIpc) is 3.09. The van der Waals surface area contributed by atoms with E-state index in [2.05, 4.69) is 23.9 Å². The molecule has 0 aliphatic heterocycles. The summed E-state index contributed by atoms with van der Waals surface area (Å²) in [4.78, 5) is 0.309. The number of rotatable bonds is 5. The lowest BCUT2D eigenvalue weighted by atomic mass is 10.0. The van der Waals surface area contributed by atoms with E-state index in [0.717, 1.165) is 0 Å². The molecule has 1 aromatic carbocycles. The topological polar surface area (TPSA) is 58.2 Å². The van der Waals surface area contributed by atoms with E-state index in [9.17, 15) is 8.42 Å². The zero-order valence-corrected chi connectivity index (χ0v) is 11.8. The molecule has 0 heterocycles. The SMILES string of the molecule is CNS(=O)(=O)c1ccccc1NC(C)C1(C)CC1. The standard InChI is InChI=1S/C13H20N2O2S/c1-10(13(2)8-9-13)15-11-6-4-5-7-12(11)18(16,17)14-3/h4-7,10,14-15H,8-9H2,1-3H3. The van der Waals surface area contributed by atoms with Gasteiger partial charge in [0, 0.05) is 6.04 Å². The van der Waals surface area contributed by atoms with Crippen LogP contribution in [0, 0.1) is 5.41 Å². The van der Waals surface area contributed by atoms with Gasteiger partial charge in [-0.05, 0) is 44.4 Å². The van der Waals surface area contributed by atoms with Crippen molar-refractivity contribution in [3.05, 3.63) is 24.3 Å². The van der Waals surface area contributed by atoms with Gasteiger partial charge in [0.25, 0.3) is 0 Å². The van der Waals surface area contributed by atoms with E-state index in [1.165, 1.54) is 19.9 Å². The summed E-state index contributed by atoms with van der Waals surface area (Å²) < 4.78 is 26.2. The Morgan fingerprint density at radius 1 is 1.28 bits per heavy atom. The Labute approximate surface area is 109 Å². The van der Waals surface area contributed by atoms with Crippen molar-refractivity contribution in [2.75, 3.05) is 12.4 Å². The molecule has 2 N–H and O–H groups in total. The van der Waals surface area contributed by atoms with Crippen molar-refractivity contribution in [3.63, 3.8) is 0 Å². The molecule has 0 aromatic heterocycles. The van der Waals surface area contributed by atoms with Gasteiger partial charge in [-0.15, -0.1) is 0 Å². The molecule has 2 rings (SSSR count). The van der Waals surface area contributed by atoms with Crippen LogP contribution in [0.25, 0.3) is 0 Å². The summed E-state index contributed by atoms with van der Waals surface area (Å²) in [5.74, 6) is 0. The lowest BCUT2D eigenvalue weighted by Crippen LogP contribution is -2.27. The van der Waals surface area contributed by atoms with Crippen LogP contribution in [0.1, 0.15) is 26.7 Å². The highest BCUT2D eigenvalue weighted by molar-refractivity contribution is 7.89. The van der Waals surface area contributed by atoms with Gasteiger partial charge in [-0.2, -0.15) is 0 Å². The molecule has 1 unspecified atom stereocenters. The summed E-state index contributed by atoms with van der Waals surface area (Å²) in [7, 11) is -1.98. The maximum atomic E-state index is 11.9. The van der Waals surface area contributed by atoms with E-state index in [1.807, 2.05) is 12.1 Å². The number of sulfonamides is 1. The molecule has 1 aromatic rings. The second-order valence-corrected chi connectivity index (χ2v) is 7.08. The summed E-state index contributed by atoms with van der Waals surface area (Å²) in [6, 6.07) is 7.28. The van der Waals surface area contributed by atoms with Crippen molar-refractivity contribution in [2.24, 2.45) is 5.41 Å². The van der Waals surface area contributed by atoms with E-state index in [4.69, 9.17) is 0 Å². The molecule has 18 heavy (non-hydrogen) atoms. The van der Waals surface area contributed by atoms with Crippen molar-refractivity contribution in [1.82, 2.24) is 4.72 Å². The molecule has 0 spiro atoms. The van der Waals surface area contributed by atoms with E-state index >= 15 is 0 Å². The first kappa shape index (κ1) is 13.4. The lowest BCUT2D eigenvalue weighted by molar-refractivity contribution is 0.492. The van der Waals surface area contributed by atoms with Crippen LogP contribution < -0.4 is 10.0 Å². The minimum atomic E-state index is -3.41. The molecule has 1 aliphatic rings. The Hall–Kier alpha value is -1.07. The molecule has 100 valence electrons. The summed E-state index contributed by atoms with van der Waals surface area (Å²) in [5, 5.41) is 3.33. The van der Waals surface area contributed by atoms with E-state index < -0.39 is 10.0 Å². The fraction of sp³-hybridized carbons (Fsp3) is 0.538. The summed E-state index contributed by atoms with van der Waals surface area (Å²) in [6.07, 6.45) is 2.39. The first-order valence-electron chi connectivity index (χ1n) is 6.18. The second-order valence-electron chi connectivity index (χ2n) is 5.22. The lowest BCUT2D eigenvalue weighted by Gasteiger charge is -2.23. The third-order valence-electron chi connectivity index (χ3n) is 3.90. The zero-order chi connectivity index (χ0) is 13.4. The molecule has 1 atom stereocenters. The van der Waals surface area contributed by atoms with Crippen molar-refractivity contribution < 1.29 is 8.42 Å². The van der Waals surface area contributed by atoms with Crippen LogP contribution in [-0.2, 0) is 10.0 Å². The van der Waals surface area contributed by atoms with Gasteiger partial charge in [0.15, 0.2) is 0 Å². The zero-order valence-electron chi connectivity index (χ0n) is 11.0. The van der Waals surface area contributed by atoms with Gasteiger partial charge >= 0.3 is 0 Å². The first-order valence-corrected chi connectivity index (χ1v) is 7.66. The largest absolute Gasteiger partial charge is 0.381 e. The third kappa shape index (κ3) is 2.52. The Morgan fingerprint density at radius 3 is 2.44 bits per heavy atom. The van der Waals surface area contributed by atoms with Crippen LogP contribution in [0.5, 0.6) is 0 Å². The molecule has 5 heteroatoms. The average molecular weight is 268 g/mol. The van der Waals surface area contributed by atoms with Gasteiger partial charge in [0.05, 0.1) is 5.69 Å². The van der Waals surface area contributed by atoms with Gasteiger partial charge in [-0.3, -0.25) is 0 Å². The first-order chi connectivity index (χ1) is 8.39. The molecule has 4 nitrogen and oxygen atoms in total. The maximum Gasteiger partial charge on any atom is 0.242 e. The van der Waals surface area contributed by atoms with Crippen LogP contribution in [0.3, 0.4) is 0 Å². The van der Waals surface area contributed by atoms with Crippen molar-refractivity contribution in [2.45, 2.75) is 37.6 Å². The summed E-state index contributed by atoms with van der Waals surface area (Å²) in [6.45, 7) is 4.33. The van der Waals surface area contributed by atoms with Gasteiger partial charge in [0.1, 0.15) is 4.90 Å². The van der Waals surface area contributed by atoms with E-state index in [0.29, 0.717) is 16.0 Å². The molecule has 0 radical (unpaired) electrons. The molecular weight excluding hydrogens is 248 g/mol. The fourth-order valence-electron chi connectivity index (χ4n) is 1.97. The minimum absolute atomic E-state index is 0.269. The van der Waals surface area contributed by atoms with E-state index in [-0.39, 0.29) is 6.04 Å². The molecular formula is C13H20N2O2S. The fourth-order valence-corrected chi connectivity index (χ4v) is 2.86. The predicted molar refractivity (Wildman–Crippen MR) is 73.1 cm³/mol. The smallest absolute Gasteiger partial charge is 0.242 e. The van der Waals surface area contributed by atoms with Crippen LogP contribution in [0.4, 0.5) is 5.69 Å². The van der Waals surface area contributed by atoms with Crippen molar-refractivity contribution >= 4 is 15.7 Å². The van der Waals surface area contributed by atoms with Crippen LogP contribution in [0.2, 0.25) is 0 Å². The van der Waals surface area contributed by atoms with Gasteiger partial charge < -0.3 is 5.32 Å². The van der Waals surface area contributed by atoms with Gasteiger partial charge in [-0.25, -0.2) is 13.1 Å². The van der Waals surface area contributed by atoms with Gasteiger partial charge in [0.2, 0.25) is 10.0 Å². The molecule has 0 saturated heterocycles. The Balaban J connectivity index is 2.28. The molecule has 0 amide bonds. The normalized spacial score (nSPS) is 19.3. The number of hydrogen-bond acceptors (Lipinski definition) is 3. The number of nitrogens with one attached hydrogen (secondary N) is 2. The highest BCUT2D eigenvalue weighted by Gasteiger charge is 2.42. The van der Waals surface area contributed by atoms with Crippen LogP contribution in [0.15, 0.2) is 29.2 Å². The van der Waals surface area contributed by atoms with Gasteiger partial charge in [-0.1, -0.05) is 19.1 Å². The number of hydrogen-bond donors (Lipinski definition) is 2. The molecule has 1 saturated carbocycles. The maximum absolute atomic E-state index is 11.9. The minimum Gasteiger partial charge on any atom is -0.381 e. The van der Waals surface area contributed by atoms with Crippen molar-refractivity contribution in [3.8, 4) is 0 Å². The highest BCUT2D eigenvalue weighted by Crippen LogP contribution is 2.49. The number of para-hydroxylation sites is 1. The quantitative estimate of drug-likeness (QED) is 0.860. The molecule has 1 aliphatic carbocycles. The second kappa shape index (κ2) is 4.55. The monoisotopic (exact) mass is 268 g/mol. The Kier molecular flexibility index (Phi) is 3.38.